The van der Waals surface area contributed by atoms with Crippen LogP contribution in [0.1, 0.15) is 126 Å². The van der Waals surface area contributed by atoms with Gasteiger partial charge in [-0.25, -0.2) is 4.57 Å². The number of amides is 1. The molecule has 2 aromatic rings. The molecule has 1 amide bonds. The van der Waals surface area contributed by atoms with Crippen LogP contribution in [0.5, 0.6) is 11.5 Å². The maximum atomic E-state index is 12.8. The zero-order valence-corrected chi connectivity index (χ0v) is 24.4. The van der Waals surface area contributed by atoms with Crippen LogP contribution in [0.4, 0.5) is 0 Å². The van der Waals surface area contributed by atoms with Crippen molar-refractivity contribution in [2.24, 2.45) is 0 Å². The minimum atomic E-state index is -0.146. The number of carbonyl (C=O) groups is 1. The number of pyridine rings is 1. The number of carbonyl (C=O) groups excluding carboxylic acids is 1. The Balaban J connectivity index is 1.60. The number of nitrogens with zero attached hydrogens (tertiary/aromatic N) is 1. The maximum absolute atomic E-state index is 12.8. The number of benzene rings is 1. The first-order valence-corrected chi connectivity index (χ1v) is 15.3. The van der Waals surface area contributed by atoms with Gasteiger partial charge in [0.1, 0.15) is 24.6 Å². The zero-order chi connectivity index (χ0) is 27.3. The summed E-state index contributed by atoms with van der Waals surface area (Å²) in [6.45, 7) is 6.52. The Labute approximate surface area is 232 Å². The lowest BCUT2D eigenvalue weighted by molar-refractivity contribution is -0.704. The number of nitrogens with one attached hydrogen (secondary N) is 1. The predicted octanol–water partition coefficient (Wildman–Crippen LogP) is 8.18. The number of aryl methyl sites for hydroxylation is 1. The fourth-order valence-electron chi connectivity index (χ4n) is 4.83. The number of rotatable bonds is 22. The van der Waals surface area contributed by atoms with Crippen LogP contribution < -0.4 is 19.4 Å². The number of aromatic nitrogens is 1. The number of hydrogen-bond acceptors (Lipinski definition) is 3. The highest BCUT2D eigenvalue weighted by Crippen LogP contribution is 2.25. The van der Waals surface area contributed by atoms with Crippen LogP contribution in [0, 0.1) is 0 Å². The Morgan fingerprint density at radius 1 is 0.789 bits per heavy atom. The van der Waals surface area contributed by atoms with E-state index in [4.69, 9.17) is 9.47 Å². The monoisotopic (exact) mass is 525 g/mol. The second kappa shape index (κ2) is 20.4. The van der Waals surface area contributed by atoms with E-state index in [0.29, 0.717) is 24.5 Å². The third kappa shape index (κ3) is 12.8. The van der Waals surface area contributed by atoms with Crippen LogP contribution in [0.15, 0.2) is 42.6 Å². The third-order valence-corrected chi connectivity index (χ3v) is 7.11. The summed E-state index contributed by atoms with van der Waals surface area (Å²) >= 11 is 0. The zero-order valence-electron chi connectivity index (χ0n) is 24.4. The van der Waals surface area contributed by atoms with Crippen LogP contribution in [-0.2, 0) is 13.1 Å². The summed E-state index contributed by atoms with van der Waals surface area (Å²) in [5.41, 5.74) is 1.60. The first-order valence-electron chi connectivity index (χ1n) is 15.3. The van der Waals surface area contributed by atoms with Gasteiger partial charge in [-0.15, -0.1) is 0 Å². The Bertz CT molecular complexity index is 900. The van der Waals surface area contributed by atoms with E-state index >= 15 is 0 Å². The molecule has 5 heteroatoms. The molecule has 1 aromatic heterocycles. The Hall–Kier alpha value is -2.56. The summed E-state index contributed by atoms with van der Waals surface area (Å²) in [4.78, 5) is 12.8. The number of methoxy groups -OCH3 is 1. The molecule has 1 heterocycles. The van der Waals surface area contributed by atoms with Crippen LogP contribution in [0.3, 0.4) is 0 Å². The van der Waals surface area contributed by atoms with E-state index in [0.717, 1.165) is 30.8 Å². The van der Waals surface area contributed by atoms with E-state index in [2.05, 4.69) is 29.9 Å². The first kappa shape index (κ1) is 31.7. The highest BCUT2D eigenvalue weighted by atomic mass is 16.5. The maximum Gasteiger partial charge on any atom is 0.255 e. The van der Waals surface area contributed by atoms with Crippen molar-refractivity contribution in [3.63, 3.8) is 0 Å². The Morgan fingerprint density at radius 3 is 2.03 bits per heavy atom. The average molecular weight is 526 g/mol. The summed E-state index contributed by atoms with van der Waals surface area (Å²) in [5, 5.41) is 3.03. The SMILES string of the molecule is CCCCCCCCCCCCCCCCOc1ccc(C(=O)NCc2cccc[n+]2CCC)c(OC)c1. The minimum absolute atomic E-state index is 0.146. The van der Waals surface area contributed by atoms with Crippen LogP contribution in [-0.4, -0.2) is 19.6 Å². The molecule has 38 heavy (non-hydrogen) atoms. The van der Waals surface area contributed by atoms with Gasteiger partial charge in [0.2, 0.25) is 5.69 Å². The van der Waals surface area contributed by atoms with E-state index in [-0.39, 0.29) is 5.91 Å². The van der Waals surface area contributed by atoms with Gasteiger partial charge in [0.05, 0.1) is 19.3 Å². The molecule has 0 fully saturated rings. The van der Waals surface area contributed by atoms with Crippen LogP contribution in [0.25, 0.3) is 0 Å². The molecule has 0 aliphatic carbocycles. The van der Waals surface area contributed by atoms with E-state index in [1.165, 1.54) is 83.5 Å². The molecule has 0 atom stereocenters. The second-order valence-electron chi connectivity index (χ2n) is 10.4. The van der Waals surface area contributed by atoms with E-state index in [1.807, 2.05) is 30.3 Å². The van der Waals surface area contributed by atoms with Crippen molar-refractivity contribution >= 4 is 5.91 Å². The van der Waals surface area contributed by atoms with Crippen molar-refractivity contribution in [2.45, 2.75) is 123 Å². The van der Waals surface area contributed by atoms with Crippen molar-refractivity contribution in [1.82, 2.24) is 5.32 Å². The van der Waals surface area contributed by atoms with Crippen molar-refractivity contribution in [3.8, 4) is 11.5 Å². The van der Waals surface area contributed by atoms with Crippen molar-refractivity contribution in [1.29, 1.82) is 0 Å². The number of unbranched alkanes of at least 4 members (excludes halogenated alkanes) is 13. The fraction of sp³-hybridized carbons (Fsp3) is 0.636. The van der Waals surface area contributed by atoms with Gasteiger partial charge in [0.15, 0.2) is 6.20 Å². The largest absolute Gasteiger partial charge is 0.496 e. The molecule has 5 nitrogen and oxygen atoms in total. The molecule has 2 rings (SSSR count). The van der Waals surface area contributed by atoms with Gasteiger partial charge in [-0.2, -0.15) is 0 Å². The molecule has 0 radical (unpaired) electrons. The molecule has 0 aliphatic heterocycles. The molecule has 0 spiro atoms. The standard InChI is InChI=1S/C33H52N2O3/c1-4-6-7-8-9-10-11-12-13-14-15-16-17-20-26-38-30-22-23-31(32(27-30)37-3)33(36)34-28-29-21-18-19-25-35(29)24-5-2/h18-19,21-23,25,27H,4-17,20,24,26,28H2,1-3H3/p+1. The number of ether oxygens (including phenoxy) is 2. The summed E-state index contributed by atoms with van der Waals surface area (Å²) in [6, 6.07) is 11.5. The molecular formula is C33H53N2O3+. The van der Waals surface area contributed by atoms with Crippen molar-refractivity contribution in [2.75, 3.05) is 13.7 Å². The average Bonchev–Trinajstić information content (AvgIpc) is 2.94. The van der Waals surface area contributed by atoms with Gasteiger partial charge < -0.3 is 14.8 Å². The van der Waals surface area contributed by atoms with Crippen LogP contribution in [0.2, 0.25) is 0 Å². The highest BCUT2D eigenvalue weighted by molar-refractivity contribution is 5.97. The topological polar surface area (TPSA) is 51.4 Å². The van der Waals surface area contributed by atoms with E-state index in [9.17, 15) is 4.79 Å². The molecule has 0 saturated heterocycles. The Kier molecular flexibility index (Phi) is 17.0. The normalized spacial score (nSPS) is 10.9. The van der Waals surface area contributed by atoms with Gasteiger partial charge in [-0.3, -0.25) is 4.79 Å². The molecule has 0 aliphatic rings. The van der Waals surface area contributed by atoms with Crippen molar-refractivity contribution < 1.29 is 18.8 Å². The van der Waals surface area contributed by atoms with E-state index < -0.39 is 0 Å². The van der Waals surface area contributed by atoms with Gasteiger partial charge in [-0.1, -0.05) is 103 Å². The lowest BCUT2D eigenvalue weighted by Gasteiger charge is -2.12. The highest BCUT2D eigenvalue weighted by Gasteiger charge is 2.16. The second-order valence-corrected chi connectivity index (χ2v) is 10.4. The fourth-order valence-corrected chi connectivity index (χ4v) is 4.83. The smallest absolute Gasteiger partial charge is 0.255 e. The minimum Gasteiger partial charge on any atom is -0.496 e. The lowest BCUT2D eigenvalue weighted by atomic mass is 10.0. The summed E-state index contributed by atoms with van der Waals surface area (Å²) in [7, 11) is 1.59. The van der Waals surface area contributed by atoms with Gasteiger partial charge in [-0.05, 0) is 18.6 Å². The molecule has 0 bridgehead atoms. The van der Waals surface area contributed by atoms with Gasteiger partial charge >= 0.3 is 0 Å². The predicted molar refractivity (Wildman–Crippen MR) is 157 cm³/mol. The van der Waals surface area contributed by atoms with E-state index in [1.54, 1.807) is 13.2 Å². The molecular weight excluding hydrogens is 472 g/mol. The lowest BCUT2D eigenvalue weighted by Crippen LogP contribution is -2.40. The molecule has 0 unspecified atom stereocenters. The quantitative estimate of drug-likeness (QED) is 0.125. The molecule has 1 N–H and O–H groups in total. The summed E-state index contributed by atoms with van der Waals surface area (Å²) in [6.07, 6.45) is 22.0. The molecule has 0 saturated carbocycles. The first-order chi connectivity index (χ1) is 18.7. The Morgan fingerprint density at radius 2 is 1.42 bits per heavy atom. The third-order valence-electron chi connectivity index (χ3n) is 7.11. The van der Waals surface area contributed by atoms with Crippen molar-refractivity contribution in [3.05, 3.63) is 53.9 Å². The van der Waals surface area contributed by atoms with Gasteiger partial charge in [0, 0.05) is 24.6 Å². The van der Waals surface area contributed by atoms with Crippen LogP contribution >= 0.6 is 0 Å². The number of hydrogen-bond donors (Lipinski definition) is 1. The molecule has 212 valence electrons. The molecule has 1 aromatic carbocycles. The summed E-state index contributed by atoms with van der Waals surface area (Å²) < 4.78 is 13.6. The summed E-state index contributed by atoms with van der Waals surface area (Å²) in [5.74, 6) is 1.14. The van der Waals surface area contributed by atoms with Gasteiger partial charge in [0.25, 0.3) is 5.91 Å².